The number of carboxylic acids is 2. The summed E-state index contributed by atoms with van der Waals surface area (Å²) in [6, 6.07) is 12.6. The zero-order valence-corrected chi connectivity index (χ0v) is 44.2. The Bertz CT molecular complexity index is 2290. The maximum absolute atomic E-state index is 14.5. The van der Waals surface area contributed by atoms with Crippen LogP contribution in [0.1, 0.15) is 114 Å². The third-order valence-electron chi connectivity index (χ3n) is 17.0. The average molecular weight is 1050 g/mol. The van der Waals surface area contributed by atoms with Gasteiger partial charge in [0, 0.05) is 102 Å². The van der Waals surface area contributed by atoms with Gasteiger partial charge in [-0.05, 0) is 101 Å². The van der Waals surface area contributed by atoms with Gasteiger partial charge in [-0.25, -0.2) is 0 Å². The van der Waals surface area contributed by atoms with E-state index in [4.69, 9.17) is 0 Å². The highest BCUT2D eigenvalue weighted by Gasteiger charge is 2.43. The fourth-order valence-corrected chi connectivity index (χ4v) is 12.2. The fourth-order valence-electron chi connectivity index (χ4n) is 12.2. The van der Waals surface area contributed by atoms with Gasteiger partial charge >= 0.3 is 11.9 Å². The number of rotatable bonds is 10. The molecule has 0 radical (unpaired) electrons. The first kappa shape index (κ1) is 56.9. The lowest BCUT2D eigenvalue weighted by molar-refractivity contribution is -0.141. The molecule has 0 aromatic heterocycles. The Morgan fingerprint density at radius 3 is 0.921 bits per heavy atom. The molecule has 20 nitrogen and oxygen atoms in total. The third-order valence-corrected chi connectivity index (χ3v) is 17.0. The summed E-state index contributed by atoms with van der Waals surface area (Å²) in [7, 11) is 6.45. The molecular formula is C56H76N8O12. The number of carboxylic acid groups (broad SMARTS) is 2. The van der Waals surface area contributed by atoms with E-state index in [1.54, 1.807) is 38.0 Å². The number of likely N-dealkylation sites (N-methyl/N-ethyl adjacent to an activating group) is 4. The van der Waals surface area contributed by atoms with Crippen molar-refractivity contribution in [1.29, 1.82) is 0 Å². The molecule has 4 saturated carbocycles. The van der Waals surface area contributed by atoms with Crippen LogP contribution in [-0.2, 0) is 60.8 Å². The third kappa shape index (κ3) is 14.3. The van der Waals surface area contributed by atoms with Gasteiger partial charge in [0.25, 0.3) is 0 Å². The summed E-state index contributed by atoms with van der Waals surface area (Å²) in [5.74, 6) is -7.91. The van der Waals surface area contributed by atoms with E-state index >= 15 is 0 Å². The van der Waals surface area contributed by atoms with Crippen molar-refractivity contribution in [3.8, 4) is 0 Å². The molecule has 412 valence electrons. The second kappa shape index (κ2) is 25.8. The van der Waals surface area contributed by atoms with Crippen molar-refractivity contribution >= 4 is 59.2 Å². The number of hydrogen-bond donors (Lipinski definition) is 6. The minimum Gasteiger partial charge on any atom is -0.481 e. The van der Waals surface area contributed by atoms with Crippen molar-refractivity contribution in [2.75, 3.05) is 28.2 Å². The van der Waals surface area contributed by atoms with Gasteiger partial charge in [-0.1, -0.05) is 60.7 Å². The van der Waals surface area contributed by atoms with Gasteiger partial charge in [-0.15, -0.1) is 0 Å². The molecule has 5 fully saturated rings. The quantitative estimate of drug-likeness (QED) is 0.201. The first-order valence-corrected chi connectivity index (χ1v) is 27.1. The molecule has 1 saturated heterocycles. The van der Waals surface area contributed by atoms with E-state index in [1.165, 1.54) is 9.80 Å². The lowest BCUT2D eigenvalue weighted by Crippen LogP contribution is -2.53. The lowest BCUT2D eigenvalue weighted by atomic mass is 10.0. The number of hydrogen-bond acceptors (Lipinski definition) is 10. The van der Waals surface area contributed by atoms with Crippen LogP contribution in [0.3, 0.4) is 0 Å². The van der Waals surface area contributed by atoms with Crippen molar-refractivity contribution in [2.45, 2.75) is 164 Å². The van der Waals surface area contributed by atoms with E-state index in [-0.39, 0.29) is 87.8 Å². The molecule has 5 aliphatic rings. The molecule has 0 spiro atoms. The van der Waals surface area contributed by atoms with Crippen LogP contribution in [0, 0.1) is 23.7 Å². The fraction of sp³-hybridized carbons (Fsp3) is 0.607. The van der Waals surface area contributed by atoms with Crippen LogP contribution in [0.2, 0.25) is 0 Å². The standard InChI is InChI=1S/C56H76N8O12/c1-61-39-19-17-37(31-39)51(71)59-45(27-33-11-7-5-8-12-33)55(75)64(4)42-22-16-36(30-42)50(70)58-44(24-26-48(67)68)54(74)62(2)40-20-18-38(32-40)52(72)60-46(28-34-13-9-6-10-14-34)56(76)63(3)41-21-15-35(29-41)49(69)57-43(53(61)73)23-25-47(65)66/h5-14,35-46H,15-32H2,1-4H3,(H,57,69)(H,58,70)(H,59,71)(H,60,72)(H,65,66)(H,67,68)/t35-,36-,37-,38-,39+,40+,41+,42+,43-,44+,45-,46+/m1/s1. The number of nitrogens with zero attached hydrogens (tertiary/aromatic N) is 4. The lowest BCUT2D eigenvalue weighted by Gasteiger charge is -2.31. The number of nitrogens with one attached hydrogen (secondary N) is 4. The van der Waals surface area contributed by atoms with Crippen molar-refractivity contribution in [2.24, 2.45) is 23.7 Å². The number of benzene rings is 2. The Kier molecular flexibility index (Phi) is 19.3. The Morgan fingerprint density at radius 1 is 0.408 bits per heavy atom. The highest BCUT2D eigenvalue weighted by atomic mass is 16.4. The molecule has 1 heterocycles. The van der Waals surface area contributed by atoms with E-state index < -0.39 is 108 Å². The van der Waals surface area contributed by atoms with Gasteiger partial charge < -0.3 is 51.1 Å². The van der Waals surface area contributed by atoms with E-state index in [0.717, 1.165) is 11.1 Å². The first-order valence-electron chi connectivity index (χ1n) is 27.1. The number of carbonyl (C=O) groups excluding carboxylic acids is 8. The zero-order valence-electron chi connectivity index (χ0n) is 44.2. The largest absolute Gasteiger partial charge is 0.481 e. The second-order valence-electron chi connectivity index (χ2n) is 21.9. The molecule has 2 aromatic rings. The normalized spacial score (nSPS) is 30.8. The molecule has 12 atom stereocenters. The monoisotopic (exact) mass is 1050 g/mol. The van der Waals surface area contributed by atoms with Crippen LogP contribution in [0.15, 0.2) is 60.7 Å². The molecule has 1 aliphatic heterocycles. The molecular weight excluding hydrogens is 977 g/mol. The van der Waals surface area contributed by atoms with Crippen LogP contribution < -0.4 is 21.3 Å². The highest BCUT2D eigenvalue weighted by molar-refractivity contribution is 5.93. The maximum Gasteiger partial charge on any atom is 0.303 e. The predicted molar refractivity (Wildman–Crippen MR) is 277 cm³/mol. The van der Waals surface area contributed by atoms with Crippen molar-refractivity contribution < 1.29 is 58.2 Å². The molecule has 2 aromatic carbocycles. The summed E-state index contributed by atoms with van der Waals surface area (Å²) in [5, 5.41) is 31.0. The van der Waals surface area contributed by atoms with Gasteiger partial charge in [0.05, 0.1) is 0 Å². The number of aliphatic carboxylic acids is 2. The first-order chi connectivity index (χ1) is 36.3. The van der Waals surface area contributed by atoms with Gasteiger partial charge in [-0.2, -0.15) is 0 Å². The maximum atomic E-state index is 14.5. The molecule has 6 N–H and O–H groups in total. The molecule has 76 heavy (non-hydrogen) atoms. The molecule has 0 unspecified atom stereocenters. The summed E-state index contributed by atoms with van der Waals surface area (Å²) >= 11 is 0. The number of amides is 8. The number of carbonyl (C=O) groups is 10. The van der Waals surface area contributed by atoms with E-state index in [0.29, 0.717) is 51.4 Å². The Labute approximate surface area is 444 Å². The number of fused-ring (bicyclic) bond motifs is 8. The summed E-state index contributed by atoms with van der Waals surface area (Å²) in [6.45, 7) is 0. The Hall–Kier alpha value is -6.86. The minimum atomic E-state index is -1.17. The zero-order chi connectivity index (χ0) is 54.8. The van der Waals surface area contributed by atoms with E-state index in [9.17, 15) is 58.2 Å². The summed E-state index contributed by atoms with van der Waals surface area (Å²) in [6.07, 6.45) is 3.70. The Morgan fingerprint density at radius 2 is 0.658 bits per heavy atom. The molecule has 4 aliphatic carbocycles. The van der Waals surface area contributed by atoms with Crippen molar-refractivity contribution in [3.63, 3.8) is 0 Å². The van der Waals surface area contributed by atoms with Crippen LogP contribution in [-0.4, -0.2) is 166 Å². The Balaban J connectivity index is 1.14. The predicted octanol–water partition coefficient (Wildman–Crippen LogP) is 2.66. The SMILES string of the molecule is CN1C(=O)[C@H](CCC(=O)O)NC(=O)[C@@H]2CC[C@@H](C2)N(C)C(=O)[C@@H](Cc2ccccc2)NC(=O)[C@@H]2CC[C@@H](C2)N(C)C(=O)[C@@H](CCC(=O)O)NC(=O)[C@@H]2CC[C@@H](C2)N(C)C(=O)[C@H](Cc2ccccc2)NC(=O)[C@@H]2CC[C@H]1C2. The van der Waals surface area contributed by atoms with Crippen molar-refractivity contribution in [1.82, 2.24) is 40.9 Å². The van der Waals surface area contributed by atoms with Crippen LogP contribution in [0.4, 0.5) is 0 Å². The van der Waals surface area contributed by atoms with E-state index in [2.05, 4.69) is 21.3 Å². The van der Waals surface area contributed by atoms with Gasteiger partial charge in [0.1, 0.15) is 24.2 Å². The van der Waals surface area contributed by atoms with Crippen LogP contribution >= 0.6 is 0 Å². The molecule has 8 bridgehead atoms. The van der Waals surface area contributed by atoms with Gasteiger partial charge in [0.2, 0.25) is 47.3 Å². The van der Waals surface area contributed by atoms with E-state index in [1.807, 2.05) is 60.7 Å². The van der Waals surface area contributed by atoms with Crippen LogP contribution in [0.25, 0.3) is 0 Å². The van der Waals surface area contributed by atoms with Crippen LogP contribution in [0.5, 0.6) is 0 Å². The smallest absolute Gasteiger partial charge is 0.303 e. The summed E-state index contributed by atoms with van der Waals surface area (Å²) < 4.78 is 0. The molecule has 20 heteroatoms. The van der Waals surface area contributed by atoms with Gasteiger partial charge in [-0.3, -0.25) is 47.9 Å². The topological polar surface area (TPSA) is 272 Å². The van der Waals surface area contributed by atoms with Gasteiger partial charge in [0.15, 0.2) is 0 Å². The summed E-state index contributed by atoms with van der Waals surface area (Å²) in [4.78, 5) is 144. The second-order valence-corrected chi connectivity index (χ2v) is 21.9. The molecule has 7 rings (SSSR count). The average Bonchev–Trinajstić information content (AvgIpc) is 4.28. The minimum absolute atomic E-state index is 0.166. The van der Waals surface area contributed by atoms with Crippen molar-refractivity contribution in [3.05, 3.63) is 71.8 Å². The summed E-state index contributed by atoms with van der Waals surface area (Å²) in [5.41, 5.74) is 1.62. The highest BCUT2D eigenvalue weighted by Crippen LogP contribution is 2.35. The molecule has 8 amide bonds.